The SMILES string of the molecule is CC(C)C(CCBr)NC(=O)c1cc(F)c(F)c(F)c1. The summed E-state index contributed by atoms with van der Waals surface area (Å²) in [4.78, 5) is 11.9. The largest absolute Gasteiger partial charge is 0.349 e. The van der Waals surface area contributed by atoms with Crippen LogP contribution < -0.4 is 5.32 Å². The minimum atomic E-state index is -1.57. The summed E-state index contributed by atoms with van der Waals surface area (Å²) in [5.74, 6) is -4.75. The van der Waals surface area contributed by atoms with Crippen LogP contribution in [-0.2, 0) is 0 Å². The van der Waals surface area contributed by atoms with Gasteiger partial charge in [0.1, 0.15) is 0 Å². The Morgan fingerprint density at radius 1 is 1.26 bits per heavy atom. The summed E-state index contributed by atoms with van der Waals surface area (Å²) in [5, 5.41) is 3.38. The maximum absolute atomic E-state index is 13.0. The number of rotatable bonds is 5. The second-order valence-corrected chi connectivity index (χ2v) is 5.35. The van der Waals surface area contributed by atoms with E-state index in [1.165, 1.54) is 0 Å². The summed E-state index contributed by atoms with van der Waals surface area (Å²) < 4.78 is 38.9. The van der Waals surface area contributed by atoms with Crippen LogP contribution in [0, 0.1) is 23.4 Å². The number of carbonyl (C=O) groups is 1. The number of alkyl halides is 1. The number of hydrogen-bond acceptors (Lipinski definition) is 1. The van der Waals surface area contributed by atoms with Crippen LogP contribution in [0.4, 0.5) is 13.2 Å². The van der Waals surface area contributed by atoms with Crippen molar-refractivity contribution < 1.29 is 18.0 Å². The van der Waals surface area contributed by atoms with E-state index in [0.29, 0.717) is 23.9 Å². The molecule has 0 aliphatic heterocycles. The molecule has 106 valence electrons. The lowest BCUT2D eigenvalue weighted by molar-refractivity contribution is 0.0924. The third-order valence-electron chi connectivity index (χ3n) is 2.79. The lowest BCUT2D eigenvalue weighted by Gasteiger charge is -2.21. The number of carbonyl (C=O) groups excluding carboxylic acids is 1. The molecule has 2 nitrogen and oxygen atoms in total. The summed E-state index contributed by atoms with van der Waals surface area (Å²) in [6, 6.07) is 1.27. The summed E-state index contributed by atoms with van der Waals surface area (Å²) in [7, 11) is 0. The molecule has 0 saturated heterocycles. The van der Waals surface area contributed by atoms with Crippen LogP contribution in [0.25, 0.3) is 0 Å². The van der Waals surface area contributed by atoms with Crippen molar-refractivity contribution in [1.29, 1.82) is 0 Å². The number of halogens is 4. The lowest BCUT2D eigenvalue weighted by atomic mass is 10.0. The normalized spacial score (nSPS) is 12.6. The van der Waals surface area contributed by atoms with Crippen molar-refractivity contribution in [3.05, 3.63) is 35.1 Å². The highest BCUT2D eigenvalue weighted by molar-refractivity contribution is 9.09. The summed E-state index contributed by atoms with van der Waals surface area (Å²) in [5.41, 5.74) is -0.225. The molecule has 0 fully saturated rings. The third kappa shape index (κ3) is 4.23. The summed E-state index contributed by atoms with van der Waals surface area (Å²) >= 11 is 3.28. The predicted molar refractivity (Wildman–Crippen MR) is 70.8 cm³/mol. The van der Waals surface area contributed by atoms with Gasteiger partial charge in [-0.1, -0.05) is 29.8 Å². The van der Waals surface area contributed by atoms with Gasteiger partial charge in [-0.15, -0.1) is 0 Å². The Hall–Kier alpha value is -1.04. The maximum atomic E-state index is 13.0. The Balaban J connectivity index is 2.88. The van der Waals surface area contributed by atoms with E-state index in [2.05, 4.69) is 21.2 Å². The zero-order valence-corrected chi connectivity index (χ0v) is 12.2. The van der Waals surface area contributed by atoms with Crippen molar-refractivity contribution in [2.24, 2.45) is 5.92 Å². The molecule has 0 saturated carbocycles. The van der Waals surface area contributed by atoms with Gasteiger partial charge in [0, 0.05) is 16.9 Å². The van der Waals surface area contributed by atoms with E-state index in [0.717, 1.165) is 0 Å². The van der Waals surface area contributed by atoms with E-state index in [4.69, 9.17) is 0 Å². The second kappa shape index (κ2) is 6.93. The first kappa shape index (κ1) is 16.0. The molecule has 6 heteroatoms. The summed E-state index contributed by atoms with van der Waals surface area (Å²) in [6.45, 7) is 3.86. The van der Waals surface area contributed by atoms with Crippen molar-refractivity contribution in [1.82, 2.24) is 5.32 Å². The Kier molecular flexibility index (Phi) is 5.85. The monoisotopic (exact) mass is 337 g/mol. The Bertz CT molecular complexity index is 442. The predicted octanol–water partition coefficient (Wildman–Crippen LogP) is 3.64. The van der Waals surface area contributed by atoms with Crippen LogP contribution in [0.2, 0.25) is 0 Å². The van der Waals surface area contributed by atoms with E-state index in [-0.39, 0.29) is 17.5 Å². The number of benzene rings is 1. The van der Waals surface area contributed by atoms with Gasteiger partial charge in [0.2, 0.25) is 0 Å². The fraction of sp³-hybridized carbons (Fsp3) is 0.462. The molecule has 1 atom stereocenters. The smallest absolute Gasteiger partial charge is 0.251 e. The molecular weight excluding hydrogens is 323 g/mol. The van der Waals surface area contributed by atoms with E-state index >= 15 is 0 Å². The second-order valence-electron chi connectivity index (χ2n) is 4.56. The van der Waals surface area contributed by atoms with Crippen molar-refractivity contribution in [3.8, 4) is 0 Å². The molecule has 19 heavy (non-hydrogen) atoms. The molecule has 1 N–H and O–H groups in total. The molecule has 1 rings (SSSR count). The zero-order chi connectivity index (χ0) is 14.6. The van der Waals surface area contributed by atoms with Crippen molar-refractivity contribution in [2.75, 3.05) is 5.33 Å². The standard InChI is InChI=1S/C13H15BrF3NO/c1-7(2)11(3-4-14)18-13(19)8-5-9(15)12(17)10(16)6-8/h5-7,11H,3-4H2,1-2H3,(H,18,19). The van der Waals surface area contributed by atoms with Gasteiger partial charge in [-0.3, -0.25) is 4.79 Å². The first-order valence-corrected chi connectivity index (χ1v) is 7.00. The van der Waals surface area contributed by atoms with Crippen LogP contribution in [0.15, 0.2) is 12.1 Å². The van der Waals surface area contributed by atoms with E-state index in [1.807, 2.05) is 13.8 Å². The van der Waals surface area contributed by atoms with E-state index in [1.54, 1.807) is 0 Å². The van der Waals surface area contributed by atoms with Gasteiger partial charge in [-0.25, -0.2) is 13.2 Å². The molecule has 1 aromatic rings. The van der Waals surface area contributed by atoms with Gasteiger partial charge >= 0.3 is 0 Å². The average Bonchev–Trinajstić information content (AvgIpc) is 2.34. The fourth-order valence-electron chi connectivity index (χ4n) is 1.63. The van der Waals surface area contributed by atoms with Crippen molar-refractivity contribution in [3.63, 3.8) is 0 Å². The van der Waals surface area contributed by atoms with Gasteiger partial charge in [-0.05, 0) is 24.5 Å². The molecule has 0 aliphatic rings. The minimum absolute atomic E-state index is 0.122. The molecular formula is C13H15BrF3NO. The highest BCUT2D eigenvalue weighted by Gasteiger charge is 2.19. The topological polar surface area (TPSA) is 29.1 Å². The molecule has 1 aromatic carbocycles. The highest BCUT2D eigenvalue weighted by Crippen LogP contribution is 2.15. The molecule has 0 bridgehead atoms. The molecule has 0 heterocycles. The molecule has 1 amide bonds. The number of amides is 1. The van der Waals surface area contributed by atoms with Gasteiger partial charge in [0.15, 0.2) is 17.5 Å². The van der Waals surface area contributed by atoms with Crippen LogP contribution >= 0.6 is 15.9 Å². The van der Waals surface area contributed by atoms with Crippen LogP contribution in [0.5, 0.6) is 0 Å². The van der Waals surface area contributed by atoms with Gasteiger partial charge in [0.05, 0.1) is 0 Å². The van der Waals surface area contributed by atoms with Gasteiger partial charge in [0.25, 0.3) is 5.91 Å². The lowest BCUT2D eigenvalue weighted by Crippen LogP contribution is -2.39. The first-order chi connectivity index (χ1) is 8.86. The average molecular weight is 338 g/mol. The maximum Gasteiger partial charge on any atom is 0.251 e. The Morgan fingerprint density at radius 2 is 1.79 bits per heavy atom. The molecule has 1 unspecified atom stereocenters. The molecule has 0 radical (unpaired) electrons. The Morgan fingerprint density at radius 3 is 2.21 bits per heavy atom. The summed E-state index contributed by atoms with van der Waals surface area (Å²) in [6.07, 6.45) is 0.690. The van der Waals surface area contributed by atoms with Crippen LogP contribution in [-0.4, -0.2) is 17.3 Å². The zero-order valence-electron chi connectivity index (χ0n) is 10.6. The molecule has 0 aromatic heterocycles. The van der Waals surface area contributed by atoms with Gasteiger partial charge in [-0.2, -0.15) is 0 Å². The number of hydrogen-bond donors (Lipinski definition) is 1. The van der Waals surface area contributed by atoms with Crippen LogP contribution in [0.1, 0.15) is 30.6 Å². The van der Waals surface area contributed by atoms with Crippen LogP contribution in [0.3, 0.4) is 0 Å². The van der Waals surface area contributed by atoms with E-state index in [9.17, 15) is 18.0 Å². The fourth-order valence-corrected chi connectivity index (χ4v) is 2.12. The van der Waals surface area contributed by atoms with Gasteiger partial charge < -0.3 is 5.32 Å². The highest BCUT2D eigenvalue weighted by atomic mass is 79.9. The molecule has 0 aliphatic carbocycles. The Labute approximate surface area is 118 Å². The van der Waals surface area contributed by atoms with Crippen molar-refractivity contribution in [2.45, 2.75) is 26.3 Å². The third-order valence-corrected chi connectivity index (χ3v) is 3.25. The minimum Gasteiger partial charge on any atom is -0.349 e. The number of nitrogens with one attached hydrogen (secondary N) is 1. The quantitative estimate of drug-likeness (QED) is 0.645. The van der Waals surface area contributed by atoms with Crippen molar-refractivity contribution >= 4 is 21.8 Å². The van der Waals surface area contributed by atoms with E-state index < -0.39 is 23.4 Å². The molecule has 0 spiro atoms. The first-order valence-electron chi connectivity index (χ1n) is 5.88.